The predicted octanol–water partition coefficient (Wildman–Crippen LogP) is 2.68. The van der Waals surface area contributed by atoms with E-state index in [1.54, 1.807) is 18.2 Å². The highest BCUT2D eigenvalue weighted by Gasteiger charge is 2.01. The fraction of sp³-hybridized carbons (Fsp3) is 0.357. The number of rotatable bonds is 6. The van der Waals surface area contributed by atoms with E-state index in [0.717, 1.165) is 5.57 Å². The second-order valence-electron chi connectivity index (χ2n) is 4.15. The maximum Gasteiger partial charge on any atom is 0.243 e. The Labute approximate surface area is 107 Å². The lowest BCUT2D eigenvalue weighted by atomic mass is 10.3. The van der Waals surface area contributed by atoms with Gasteiger partial charge in [0.25, 0.3) is 0 Å². The zero-order chi connectivity index (χ0) is 13.4. The van der Waals surface area contributed by atoms with Gasteiger partial charge in [-0.1, -0.05) is 17.7 Å². The monoisotopic (exact) mass is 251 g/mol. The van der Waals surface area contributed by atoms with Crippen LogP contribution in [-0.2, 0) is 4.79 Å². The van der Waals surface area contributed by atoms with Gasteiger partial charge in [-0.25, -0.2) is 4.39 Å². The first kappa shape index (κ1) is 14.2. The van der Waals surface area contributed by atoms with Crippen molar-refractivity contribution in [3.8, 4) is 5.75 Å². The third-order valence-corrected chi connectivity index (χ3v) is 2.13. The van der Waals surface area contributed by atoms with E-state index in [2.05, 4.69) is 5.32 Å². The lowest BCUT2D eigenvalue weighted by Gasteiger charge is -2.07. The summed E-state index contributed by atoms with van der Waals surface area (Å²) in [5.74, 6) is -0.236. The lowest BCUT2D eigenvalue weighted by molar-refractivity contribution is -0.116. The van der Waals surface area contributed by atoms with Crippen molar-refractivity contribution in [2.75, 3.05) is 13.2 Å². The van der Waals surface area contributed by atoms with Crippen LogP contribution in [0.2, 0.25) is 0 Å². The Morgan fingerprint density at radius 3 is 2.78 bits per heavy atom. The predicted molar refractivity (Wildman–Crippen MR) is 69.0 cm³/mol. The van der Waals surface area contributed by atoms with Crippen molar-refractivity contribution in [3.05, 3.63) is 41.7 Å². The number of carbonyl (C=O) groups excluding carboxylic acids is 1. The lowest BCUT2D eigenvalue weighted by Crippen LogP contribution is -2.23. The third-order valence-electron chi connectivity index (χ3n) is 2.13. The van der Waals surface area contributed by atoms with Crippen LogP contribution in [0.5, 0.6) is 5.75 Å². The summed E-state index contributed by atoms with van der Waals surface area (Å²) in [7, 11) is 0. The number of allylic oxidation sites excluding steroid dienone is 1. The number of hydrogen-bond acceptors (Lipinski definition) is 2. The van der Waals surface area contributed by atoms with Crippen molar-refractivity contribution in [1.82, 2.24) is 5.32 Å². The quantitative estimate of drug-likeness (QED) is 0.623. The standard InChI is InChI=1S/C14H18FNO2/c1-11(2)10-14(17)16-8-5-9-18-13-7-4-3-6-12(13)15/h3-4,6-7,10H,5,8-9H2,1-2H3,(H,16,17). The van der Waals surface area contributed by atoms with E-state index in [1.165, 1.54) is 12.1 Å². The molecule has 1 amide bonds. The van der Waals surface area contributed by atoms with Gasteiger partial charge in [-0.3, -0.25) is 4.79 Å². The number of benzene rings is 1. The highest BCUT2D eigenvalue weighted by atomic mass is 19.1. The van der Waals surface area contributed by atoms with Crippen LogP contribution in [-0.4, -0.2) is 19.1 Å². The molecule has 0 aliphatic rings. The first-order valence-corrected chi connectivity index (χ1v) is 5.89. The SMILES string of the molecule is CC(C)=CC(=O)NCCCOc1ccccc1F. The summed E-state index contributed by atoms with van der Waals surface area (Å²) in [4.78, 5) is 11.3. The Morgan fingerprint density at radius 2 is 2.11 bits per heavy atom. The third kappa shape index (κ3) is 5.48. The molecule has 0 aromatic heterocycles. The van der Waals surface area contributed by atoms with Gasteiger partial charge in [0.1, 0.15) is 0 Å². The van der Waals surface area contributed by atoms with Crippen LogP contribution in [0, 0.1) is 5.82 Å². The Morgan fingerprint density at radius 1 is 1.39 bits per heavy atom. The fourth-order valence-corrected chi connectivity index (χ4v) is 1.34. The molecule has 1 rings (SSSR count). The highest BCUT2D eigenvalue weighted by Crippen LogP contribution is 2.15. The van der Waals surface area contributed by atoms with Crippen molar-refractivity contribution in [2.45, 2.75) is 20.3 Å². The van der Waals surface area contributed by atoms with Gasteiger partial charge in [0, 0.05) is 12.6 Å². The highest BCUT2D eigenvalue weighted by molar-refractivity contribution is 5.87. The molecule has 1 aromatic carbocycles. The summed E-state index contributed by atoms with van der Waals surface area (Å²) in [6.07, 6.45) is 2.17. The van der Waals surface area contributed by atoms with E-state index in [1.807, 2.05) is 13.8 Å². The number of hydrogen-bond donors (Lipinski definition) is 1. The molecule has 1 aromatic rings. The average molecular weight is 251 g/mol. The van der Waals surface area contributed by atoms with E-state index in [0.29, 0.717) is 19.6 Å². The van der Waals surface area contributed by atoms with Gasteiger partial charge in [0.15, 0.2) is 11.6 Å². The number of para-hydroxylation sites is 1. The van der Waals surface area contributed by atoms with E-state index >= 15 is 0 Å². The van der Waals surface area contributed by atoms with Gasteiger partial charge < -0.3 is 10.1 Å². The van der Waals surface area contributed by atoms with Gasteiger partial charge in [-0.05, 0) is 32.4 Å². The molecule has 0 atom stereocenters. The molecule has 0 radical (unpaired) electrons. The summed E-state index contributed by atoms with van der Waals surface area (Å²) < 4.78 is 18.4. The van der Waals surface area contributed by atoms with Crippen LogP contribution in [0.25, 0.3) is 0 Å². The molecule has 0 heterocycles. The molecule has 0 saturated heterocycles. The van der Waals surface area contributed by atoms with Crippen molar-refractivity contribution < 1.29 is 13.9 Å². The van der Waals surface area contributed by atoms with Gasteiger partial charge in [0.2, 0.25) is 5.91 Å². The minimum absolute atomic E-state index is 0.110. The largest absolute Gasteiger partial charge is 0.490 e. The van der Waals surface area contributed by atoms with E-state index < -0.39 is 0 Å². The summed E-state index contributed by atoms with van der Waals surface area (Å²) in [5, 5.41) is 2.73. The van der Waals surface area contributed by atoms with Crippen LogP contribution < -0.4 is 10.1 Å². The molecule has 1 N–H and O–H groups in total. The Bertz CT molecular complexity index is 426. The first-order chi connectivity index (χ1) is 8.59. The number of carbonyl (C=O) groups is 1. The summed E-state index contributed by atoms with van der Waals surface area (Å²) in [6, 6.07) is 6.26. The summed E-state index contributed by atoms with van der Waals surface area (Å²) in [6.45, 7) is 4.61. The molecule has 0 fully saturated rings. The van der Waals surface area contributed by atoms with Gasteiger partial charge >= 0.3 is 0 Å². The minimum atomic E-state index is -0.369. The van der Waals surface area contributed by atoms with E-state index in [9.17, 15) is 9.18 Å². The maximum absolute atomic E-state index is 13.2. The molecule has 0 aliphatic carbocycles. The molecule has 0 unspecified atom stereocenters. The van der Waals surface area contributed by atoms with Gasteiger partial charge in [-0.2, -0.15) is 0 Å². The molecule has 0 saturated carbocycles. The molecule has 4 heteroatoms. The van der Waals surface area contributed by atoms with Crippen LogP contribution in [0.15, 0.2) is 35.9 Å². The number of halogens is 1. The minimum Gasteiger partial charge on any atom is -0.490 e. The van der Waals surface area contributed by atoms with Crippen molar-refractivity contribution in [3.63, 3.8) is 0 Å². The normalized spacial score (nSPS) is 9.72. The summed E-state index contributed by atoms with van der Waals surface area (Å²) in [5.41, 5.74) is 0.954. The Hall–Kier alpha value is -1.84. The molecule has 18 heavy (non-hydrogen) atoms. The topological polar surface area (TPSA) is 38.3 Å². The molecule has 98 valence electrons. The zero-order valence-electron chi connectivity index (χ0n) is 10.7. The van der Waals surface area contributed by atoms with Crippen molar-refractivity contribution >= 4 is 5.91 Å². The van der Waals surface area contributed by atoms with Gasteiger partial charge in [0.05, 0.1) is 6.61 Å². The first-order valence-electron chi connectivity index (χ1n) is 5.89. The van der Waals surface area contributed by atoms with Crippen molar-refractivity contribution in [1.29, 1.82) is 0 Å². The molecular formula is C14H18FNO2. The second-order valence-corrected chi connectivity index (χ2v) is 4.15. The van der Waals surface area contributed by atoms with Crippen LogP contribution in [0.3, 0.4) is 0 Å². The van der Waals surface area contributed by atoms with Crippen LogP contribution in [0.4, 0.5) is 4.39 Å². The second kappa shape index (κ2) is 7.48. The molecular weight excluding hydrogens is 233 g/mol. The summed E-state index contributed by atoms with van der Waals surface area (Å²) >= 11 is 0. The maximum atomic E-state index is 13.2. The van der Waals surface area contributed by atoms with E-state index in [4.69, 9.17) is 4.74 Å². The Kier molecular flexibility index (Phi) is 5.91. The number of ether oxygens (including phenoxy) is 1. The molecule has 0 aliphatic heterocycles. The van der Waals surface area contributed by atoms with Gasteiger partial charge in [-0.15, -0.1) is 0 Å². The number of amides is 1. The average Bonchev–Trinajstić information content (AvgIpc) is 2.30. The fourth-order valence-electron chi connectivity index (χ4n) is 1.34. The molecule has 0 spiro atoms. The van der Waals surface area contributed by atoms with Crippen LogP contribution >= 0.6 is 0 Å². The van der Waals surface area contributed by atoms with E-state index in [-0.39, 0.29) is 17.5 Å². The Balaban J connectivity index is 2.18. The molecule has 0 bridgehead atoms. The van der Waals surface area contributed by atoms with Crippen molar-refractivity contribution in [2.24, 2.45) is 0 Å². The molecule has 3 nitrogen and oxygen atoms in total. The zero-order valence-corrected chi connectivity index (χ0v) is 10.7. The number of nitrogens with one attached hydrogen (secondary N) is 1. The van der Waals surface area contributed by atoms with Crippen LogP contribution in [0.1, 0.15) is 20.3 Å². The smallest absolute Gasteiger partial charge is 0.243 e.